The molecular weight excluding hydrogens is 168 g/mol. The molecule has 0 aliphatic heterocycles. The van der Waals surface area contributed by atoms with Gasteiger partial charge in [0.25, 0.3) is 0 Å². The standard InChI is InChI=1S/C9H16O2Si/c1-5-6-7-8(9(10)11)12(2,3)4/h5-7H,1-4H3,(H,10,11)/b6-5+,8-7-. The van der Waals surface area contributed by atoms with E-state index in [0.29, 0.717) is 5.20 Å². The Balaban J connectivity index is 4.80. The molecule has 68 valence electrons. The lowest BCUT2D eigenvalue weighted by Crippen LogP contribution is -2.29. The quantitative estimate of drug-likeness (QED) is 0.415. The first kappa shape index (κ1) is 11.2. The third-order valence-corrected chi connectivity index (χ3v) is 3.49. The van der Waals surface area contributed by atoms with Crippen molar-refractivity contribution in [3.8, 4) is 0 Å². The molecule has 0 unspecified atom stereocenters. The van der Waals surface area contributed by atoms with Crippen LogP contribution >= 0.6 is 0 Å². The van der Waals surface area contributed by atoms with Crippen LogP contribution in [0.2, 0.25) is 19.6 Å². The summed E-state index contributed by atoms with van der Waals surface area (Å²) in [5, 5.41) is 9.44. The highest BCUT2D eigenvalue weighted by atomic mass is 28.3. The molecule has 0 radical (unpaired) electrons. The van der Waals surface area contributed by atoms with Crippen molar-refractivity contribution >= 4 is 14.0 Å². The first-order valence-corrected chi connectivity index (χ1v) is 7.46. The smallest absolute Gasteiger partial charge is 0.327 e. The summed E-state index contributed by atoms with van der Waals surface area (Å²) in [6, 6.07) is 0. The largest absolute Gasteiger partial charge is 0.478 e. The van der Waals surface area contributed by atoms with Gasteiger partial charge in [0, 0.05) is 5.20 Å². The number of aliphatic carboxylic acids is 1. The summed E-state index contributed by atoms with van der Waals surface area (Å²) in [7, 11) is -1.68. The highest BCUT2D eigenvalue weighted by Gasteiger charge is 2.24. The van der Waals surface area contributed by atoms with Crippen LogP contribution in [0.5, 0.6) is 0 Å². The lowest BCUT2D eigenvalue weighted by molar-refractivity contribution is -0.132. The van der Waals surface area contributed by atoms with Crippen LogP contribution in [-0.4, -0.2) is 19.1 Å². The van der Waals surface area contributed by atoms with Crippen molar-refractivity contribution in [2.75, 3.05) is 0 Å². The Kier molecular flexibility index (Phi) is 3.96. The number of carboxylic acid groups (broad SMARTS) is 1. The lowest BCUT2D eigenvalue weighted by Gasteiger charge is -2.15. The molecule has 0 amide bonds. The van der Waals surface area contributed by atoms with Gasteiger partial charge in [-0.1, -0.05) is 37.9 Å². The van der Waals surface area contributed by atoms with Gasteiger partial charge in [-0.05, 0) is 6.92 Å². The molecule has 0 saturated carbocycles. The first-order valence-electron chi connectivity index (χ1n) is 3.96. The van der Waals surface area contributed by atoms with Crippen molar-refractivity contribution in [3.63, 3.8) is 0 Å². The van der Waals surface area contributed by atoms with Crippen LogP contribution in [0, 0.1) is 0 Å². The van der Waals surface area contributed by atoms with E-state index in [1.807, 2.05) is 32.6 Å². The monoisotopic (exact) mass is 184 g/mol. The average molecular weight is 184 g/mol. The van der Waals surface area contributed by atoms with Crippen LogP contribution in [0.15, 0.2) is 23.4 Å². The summed E-state index contributed by atoms with van der Waals surface area (Å²) < 4.78 is 0. The molecule has 0 aliphatic carbocycles. The summed E-state index contributed by atoms with van der Waals surface area (Å²) in [5.41, 5.74) is 0. The molecule has 0 fully saturated rings. The Morgan fingerprint density at radius 1 is 1.33 bits per heavy atom. The Bertz CT molecular complexity index is 221. The molecule has 0 aromatic rings. The van der Waals surface area contributed by atoms with E-state index in [0.717, 1.165) is 0 Å². The van der Waals surface area contributed by atoms with Gasteiger partial charge in [-0.25, -0.2) is 4.79 Å². The van der Waals surface area contributed by atoms with Gasteiger partial charge in [-0.3, -0.25) is 0 Å². The first-order chi connectivity index (χ1) is 5.39. The number of carbonyl (C=O) groups is 1. The van der Waals surface area contributed by atoms with E-state index >= 15 is 0 Å². The second kappa shape index (κ2) is 4.26. The van der Waals surface area contributed by atoms with E-state index in [1.54, 1.807) is 12.2 Å². The normalized spacial score (nSPS) is 13.8. The summed E-state index contributed by atoms with van der Waals surface area (Å²) in [4.78, 5) is 10.8. The fraction of sp³-hybridized carbons (Fsp3) is 0.444. The molecule has 0 atom stereocenters. The Hall–Kier alpha value is -0.833. The molecule has 2 nitrogen and oxygen atoms in total. The van der Waals surface area contributed by atoms with Crippen molar-refractivity contribution in [3.05, 3.63) is 23.4 Å². The van der Waals surface area contributed by atoms with Crippen molar-refractivity contribution in [1.29, 1.82) is 0 Å². The minimum Gasteiger partial charge on any atom is -0.478 e. The maximum atomic E-state index is 10.8. The fourth-order valence-corrected chi connectivity index (χ4v) is 2.07. The van der Waals surface area contributed by atoms with Crippen molar-refractivity contribution in [2.24, 2.45) is 0 Å². The SMILES string of the molecule is C/C=C/C=C(/C(=O)O)[Si](C)(C)C. The van der Waals surface area contributed by atoms with E-state index in [-0.39, 0.29) is 0 Å². The van der Waals surface area contributed by atoms with Gasteiger partial charge < -0.3 is 5.11 Å². The molecule has 12 heavy (non-hydrogen) atoms. The Morgan fingerprint density at radius 3 is 2.08 bits per heavy atom. The zero-order chi connectivity index (χ0) is 9.78. The molecule has 0 aromatic heterocycles. The minimum atomic E-state index is -1.68. The van der Waals surface area contributed by atoms with E-state index in [9.17, 15) is 4.79 Å². The highest BCUT2D eigenvalue weighted by Crippen LogP contribution is 2.14. The number of allylic oxidation sites excluding steroid dienone is 3. The molecular formula is C9H16O2Si. The van der Waals surface area contributed by atoms with Crippen LogP contribution < -0.4 is 0 Å². The Labute approximate surface area is 74.6 Å². The average Bonchev–Trinajstić information content (AvgIpc) is 1.84. The van der Waals surface area contributed by atoms with Crippen molar-refractivity contribution in [1.82, 2.24) is 0 Å². The Morgan fingerprint density at radius 2 is 1.83 bits per heavy atom. The highest BCUT2D eigenvalue weighted by molar-refractivity contribution is 6.86. The van der Waals surface area contributed by atoms with Crippen molar-refractivity contribution in [2.45, 2.75) is 26.6 Å². The molecule has 0 bridgehead atoms. The molecule has 0 rings (SSSR count). The maximum Gasteiger partial charge on any atom is 0.327 e. The molecule has 0 aliphatic rings. The van der Waals surface area contributed by atoms with E-state index in [4.69, 9.17) is 5.11 Å². The van der Waals surface area contributed by atoms with Crippen LogP contribution in [0.25, 0.3) is 0 Å². The minimum absolute atomic E-state index is 0.570. The van der Waals surface area contributed by atoms with Gasteiger partial charge in [0.05, 0.1) is 8.07 Å². The number of hydrogen-bond donors (Lipinski definition) is 1. The predicted molar refractivity (Wildman–Crippen MR) is 53.9 cm³/mol. The van der Waals surface area contributed by atoms with Gasteiger partial charge in [0.15, 0.2) is 0 Å². The molecule has 3 heteroatoms. The van der Waals surface area contributed by atoms with E-state index in [2.05, 4.69) is 0 Å². The van der Waals surface area contributed by atoms with Gasteiger partial charge in [-0.2, -0.15) is 0 Å². The molecule has 1 N–H and O–H groups in total. The summed E-state index contributed by atoms with van der Waals surface area (Å²) in [6.07, 6.45) is 5.32. The van der Waals surface area contributed by atoms with Crippen LogP contribution in [0.1, 0.15) is 6.92 Å². The second-order valence-corrected chi connectivity index (χ2v) is 8.70. The van der Waals surface area contributed by atoms with Crippen molar-refractivity contribution < 1.29 is 9.90 Å². The van der Waals surface area contributed by atoms with Crippen LogP contribution in [0.3, 0.4) is 0 Å². The zero-order valence-corrected chi connectivity index (χ0v) is 9.09. The summed E-state index contributed by atoms with van der Waals surface area (Å²) >= 11 is 0. The van der Waals surface area contributed by atoms with Gasteiger partial charge in [0.2, 0.25) is 0 Å². The number of rotatable bonds is 3. The van der Waals surface area contributed by atoms with E-state index < -0.39 is 14.0 Å². The maximum absolute atomic E-state index is 10.8. The number of hydrogen-bond acceptors (Lipinski definition) is 1. The zero-order valence-electron chi connectivity index (χ0n) is 8.09. The second-order valence-electron chi connectivity index (χ2n) is 3.66. The van der Waals surface area contributed by atoms with E-state index in [1.165, 1.54) is 0 Å². The third-order valence-electron chi connectivity index (χ3n) is 1.49. The molecule has 0 saturated heterocycles. The predicted octanol–water partition coefficient (Wildman–Crippen LogP) is 2.45. The summed E-state index contributed by atoms with van der Waals surface area (Å²) in [5.74, 6) is -0.785. The lowest BCUT2D eigenvalue weighted by atomic mass is 10.4. The van der Waals surface area contributed by atoms with Gasteiger partial charge in [-0.15, -0.1) is 0 Å². The van der Waals surface area contributed by atoms with Crippen LogP contribution in [0.4, 0.5) is 0 Å². The third kappa shape index (κ3) is 3.53. The van der Waals surface area contributed by atoms with Gasteiger partial charge >= 0.3 is 5.97 Å². The molecule has 0 aromatic carbocycles. The molecule has 0 heterocycles. The van der Waals surface area contributed by atoms with Gasteiger partial charge in [0.1, 0.15) is 0 Å². The van der Waals surface area contributed by atoms with Crippen LogP contribution in [-0.2, 0) is 4.79 Å². The number of carboxylic acids is 1. The summed E-state index contributed by atoms with van der Waals surface area (Å²) in [6.45, 7) is 7.95. The topological polar surface area (TPSA) is 37.3 Å². The fourth-order valence-electron chi connectivity index (χ4n) is 0.835. The molecule has 0 spiro atoms.